The van der Waals surface area contributed by atoms with Crippen molar-refractivity contribution in [1.29, 1.82) is 0 Å². The minimum Gasteiger partial charge on any atom is -0.493 e. The first-order chi connectivity index (χ1) is 15.8. The quantitative estimate of drug-likeness (QED) is 0.232. The Morgan fingerprint density at radius 1 is 1.18 bits per heavy atom. The Labute approximate surface area is 193 Å². The van der Waals surface area contributed by atoms with E-state index in [0.29, 0.717) is 22.6 Å². The van der Waals surface area contributed by atoms with E-state index in [1.54, 1.807) is 37.3 Å². The van der Waals surface area contributed by atoms with Crippen LogP contribution in [0.5, 0.6) is 11.5 Å². The molecule has 1 heterocycles. The largest absolute Gasteiger partial charge is 0.493 e. The van der Waals surface area contributed by atoms with Gasteiger partial charge in [-0.3, -0.25) is 29.4 Å². The van der Waals surface area contributed by atoms with Gasteiger partial charge in [0.05, 0.1) is 23.5 Å². The number of ether oxygens (including phenoxy) is 3. The topological polar surface area (TPSA) is 125 Å². The van der Waals surface area contributed by atoms with Gasteiger partial charge in [0.25, 0.3) is 16.8 Å². The average molecular weight is 472 g/mol. The van der Waals surface area contributed by atoms with E-state index in [1.807, 2.05) is 0 Å². The van der Waals surface area contributed by atoms with Gasteiger partial charge in [-0.1, -0.05) is 18.2 Å². The number of esters is 1. The van der Waals surface area contributed by atoms with Gasteiger partial charge in [-0.05, 0) is 48.0 Å². The Balaban J connectivity index is 1.73. The Morgan fingerprint density at radius 3 is 2.67 bits per heavy atom. The summed E-state index contributed by atoms with van der Waals surface area (Å²) in [5, 5.41) is 10.4. The van der Waals surface area contributed by atoms with E-state index >= 15 is 0 Å². The molecule has 0 spiro atoms. The zero-order chi connectivity index (χ0) is 24.0. The molecule has 2 amide bonds. The number of imide groups is 1. The molecule has 33 heavy (non-hydrogen) atoms. The lowest BCUT2D eigenvalue weighted by atomic mass is 10.1. The molecule has 0 atom stereocenters. The number of hydrogen-bond acceptors (Lipinski definition) is 9. The van der Waals surface area contributed by atoms with Crippen LogP contribution in [0.4, 0.5) is 10.5 Å². The van der Waals surface area contributed by atoms with Crippen LogP contribution < -0.4 is 9.47 Å². The molecule has 0 unspecified atom stereocenters. The number of nitrogens with zero attached hydrogens (tertiary/aromatic N) is 2. The number of nitro benzene ring substituents is 1. The predicted octanol–water partition coefficient (Wildman–Crippen LogP) is 3.78. The molecule has 0 aromatic heterocycles. The summed E-state index contributed by atoms with van der Waals surface area (Å²) in [4.78, 5) is 47.7. The summed E-state index contributed by atoms with van der Waals surface area (Å²) in [5.41, 5.74) is 1.16. The molecule has 0 N–H and O–H groups in total. The fourth-order valence-electron chi connectivity index (χ4n) is 2.94. The van der Waals surface area contributed by atoms with Gasteiger partial charge in [0.2, 0.25) is 0 Å². The van der Waals surface area contributed by atoms with Gasteiger partial charge in [-0.15, -0.1) is 0 Å². The number of carbonyl (C=O) groups excluding carboxylic acids is 3. The summed E-state index contributed by atoms with van der Waals surface area (Å²) in [5.74, 6) is -0.465. The lowest BCUT2D eigenvalue weighted by Crippen LogP contribution is -2.34. The minimum atomic E-state index is -0.659. The molecular weight excluding hydrogens is 452 g/mol. The number of non-ortho nitro benzene ring substituents is 1. The van der Waals surface area contributed by atoms with E-state index in [0.717, 1.165) is 16.7 Å². The molecule has 0 bridgehead atoms. The highest BCUT2D eigenvalue weighted by Gasteiger charge is 2.36. The maximum Gasteiger partial charge on any atom is 0.326 e. The van der Waals surface area contributed by atoms with Crippen molar-refractivity contribution in [2.75, 3.05) is 20.3 Å². The van der Waals surface area contributed by atoms with Crippen LogP contribution in [-0.2, 0) is 20.9 Å². The molecule has 0 saturated carbocycles. The minimum absolute atomic E-state index is 0.0321. The van der Waals surface area contributed by atoms with Crippen molar-refractivity contribution in [3.8, 4) is 11.5 Å². The van der Waals surface area contributed by atoms with Crippen LogP contribution in [0.25, 0.3) is 6.08 Å². The third-order valence-electron chi connectivity index (χ3n) is 4.47. The average Bonchev–Trinajstić information content (AvgIpc) is 3.05. The Bertz CT molecular complexity index is 1130. The highest BCUT2D eigenvalue weighted by atomic mass is 32.2. The summed E-state index contributed by atoms with van der Waals surface area (Å²) in [6.07, 6.45) is 1.52. The van der Waals surface area contributed by atoms with Crippen molar-refractivity contribution in [3.05, 3.63) is 68.6 Å². The summed E-state index contributed by atoms with van der Waals surface area (Å²) < 4.78 is 15.9. The zero-order valence-electron chi connectivity index (χ0n) is 17.8. The Hall–Kier alpha value is -3.86. The molecule has 3 rings (SSSR count). The second-order valence-electron chi connectivity index (χ2n) is 6.70. The second-order valence-corrected chi connectivity index (χ2v) is 7.69. The van der Waals surface area contributed by atoms with Crippen LogP contribution in [-0.4, -0.2) is 47.2 Å². The number of nitro groups is 1. The standard InChI is InChI=1S/C22H20N2O8S/c1-3-31-20(25)12-23-21(26)19(33-22(23)27)11-14-7-8-17(18(10-14)30-2)32-13-15-5-4-6-16(9-15)24(28)29/h4-11H,3,12-13H2,1-2H3/b19-11-. The van der Waals surface area contributed by atoms with Crippen molar-refractivity contribution in [3.63, 3.8) is 0 Å². The molecule has 10 nitrogen and oxygen atoms in total. The fraction of sp³-hybridized carbons (Fsp3) is 0.227. The summed E-state index contributed by atoms with van der Waals surface area (Å²) >= 11 is 0.729. The fourth-order valence-corrected chi connectivity index (χ4v) is 3.78. The summed E-state index contributed by atoms with van der Waals surface area (Å²) in [6.45, 7) is 1.43. The number of rotatable bonds is 9. The van der Waals surface area contributed by atoms with Crippen molar-refractivity contribution >= 4 is 40.6 Å². The van der Waals surface area contributed by atoms with E-state index in [-0.39, 0.29) is 23.8 Å². The first-order valence-electron chi connectivity index (χ1n) is 9.77. The smallest absolute Gasteiger partial charge is 0.326 e. The Morgan fingerprint density at radius 2 is 1.97 bits per heavy atom. The molecule has 2 aromatic carbocycles. The van der Waals surface area contributed by atoms with E-state index in [2.05, 4.69) is 0 Å². The van der Waals surface area contributed by atoms with E-state index in [9.17, 15) is 24.5 Å². The summed E-state index contributed by atoms with van der Waals surface area (Å²) in [6, 6.07) is 11.0. The van der Waals surface area contributed by atoms with Crippen molar-refractivity contribution in [2.24, 2.45) is 0 Å². The Kier molecular flexibility index (Phi) is 7.67. The van der Waals surface area contributed by atoms with Crippen LogP contribution in [0.2, 0.25) is 0 Å². The van der Waals surface area contributed by atoms with Gasteiger partial charge in [0, 0.05) is 12.1 Å². The highest BCUT2D eigenvalue weighted by molar-refractivity contribution is 8.18. The lowest BCUT2D eigenvalue weighted by Gasteiger charge is -2.12. The van der Waals surface area contributed by atoms with Gasteiger partial charge >= 0.3 is 5.97 Å². The van der Waals surface area contributed by atoms with Crippen LogP contribution in [0.1, 0.15) is 18.1 Å². The third-order valence-corrected chi connectivity index (χ3v) is 5.37. The van der Waals surface area contributed by atoms with Crippen LogP contribution in [0.3, 0.4) is 0 Å². The van der Waals surface area contributed by atoms with Crippen molar-refractivity contribution in [1.82, 2.24) is 4.90 Å². The molecule has 11 heteroatoms. The van der Waals surface area contributed by atoms with E-state index in [4.69, 9.17) is 14.2 Å². The van der Waals surface area contributed by atoms with Gasteiger partial charge < -0.3 is 14.2 Å². The molecule has 0 radical (unpaired) electrons. The van der Waals surface area contributed by atoms with Gasteiger partial charge in [0.15, 0.2) is 11.5 Å². The molecule has 0 aliphatic carbocycles. The van der Waals surface area contributed by atoms with Gasteiger partial charge in [-0.25, -0.2) is 0 Å². The maximum atomic E-state index is 12.5. The van der Waals surface area contributed by atoms with Crippen molar-refractivity contribution in [2.45, 2.75) is 13.5 Å². The number of amides is 2. The number of methoxy groups -OCH3 is 1. The molecule has 1 saturated heterocycles. The first kappa shape index (κ1) is 23.8. The summed E-state index contributed by atoms with van der Waals surface area (Å²) in [7, 11) is 1.45. The normalized spacial score (nSPS) is 14.5. The molecule has 172 valence electrons. The third kappa shape index (κ3) is 5.89. The predicted molar refractivity (Wildman–Crippen MR) is 120 cm³/mol. The van der Waals surface area contributed by atoms with E-state index in [1.165, 1.54) is 25.3 Å². The zero-order valence-corrected chi connectivity index (χ0v) is 18.6. The second kappa shape index (κ2) is 10.6. The molecule has 1 aliphatic heterocycles. The van der Waals surface area contributed by atoms with Crippen LogP contribution in [0.15, 0.2) is 47.4 Å². The number of benzene rings is 2. The first-order valence-corrected chi connectivity index (χ1v) is 10.6. The monoisotopic (exact) mass is 472 g/mol. The maximum absolute atomic E-state index is 12.5. The molecular formula is C22H20N2O8S. The van der Waals surface area contributed by atoms with Crippen molar-refractivity contribution < 1.29 is 33.5 Å². The molecule has 2 aromatic rings. The number of thioether (sulfide) groups is 1. The van der Waals surface area contributed by atoms with Crippen LogP contribution >= 0.6 is 11.8 Å². The van der Waals surface area contributed by atoms with Gasteiger partial charge in [0.1, 0.15) is 13.2 Å². The SMILES string of the molecule is CCOC(=O)CN1C(=O)S/C(=C\c2ccc(OCc3cccc([N+](=O)[O-])c3)c(OC)c2)C1=O. The highest BCUT2D eigenvalue weighted by Crippen LogP contribution is 2.34. The van der Waals surface area contributed by atoms with Crippen LogP contribution in [0, 0.1) is 10.1 Å². The molecule has 1 fully saturated rings. The van der Waals surface area contributed by atoms with E-state index < -0.39 is 28.6 Å². The lowest BCUT2D eigenvalue weighted by molar-refractivity contribution is -0.384. The molecule has 1 aliphatic rings. The number of hydrogen-bond donors (Lipinski definition) is 0. The van der Waals surface area contributed by atoms with Gasteiger partial charge in [-0.2, -0.15) is 0 Å². The number of carbonyl (C=O) groups is 3.